The summed E-state index contributed by atoms with van der Waals surface area (Å²) in [5.41, 5.74) is 0.243. The van der Waals surface area contributed by atoms with Gasteiger partial charge in [-0.05, 0) is 38.5 Å². The molecule has 17 heavy (non-hydrogen) atoms. The molecule has 2 aliphatic heterocycles. The van der Waals surface area contributed by atoms with Crippen LogP contribution in [-0.2, 0) is 9.47 Å². The van der Waals surface area contributed by atoms with Crippen molar-refractivity contribution in [3.63, 3.8) is 0 Å². The van der Waals surface area contributed by atoms with Crippen molar-refractivity contribution < 1.29 is 9.47 Å². The highest BCUT2D eigenvalue weighted by atomic mass is 16.5. The predicted molar refractivity (Wildman–Crippen MR) is 67.1 cm³/mol. The Labute approximate surface area is 104 Å². The molecular weight excluding hydrogens is 214 g/mol. The quantitative estimate of drug-likeness (QED) is 0.819. The van der Waals surface area contributed by atoms with Crippen molar-refractivity contribution in [1.82, 2.24) is 5.32 Å². The smallest absolute Gasteiger partial charge is 0.0700 e. The first-order valence-electron chi connectivity index (χ1n) is 7.35. The third kappa shape index (κ3) is 2.83. The second-order valence-electron chi connectivity index (χ2n) is 5.97. The van der Waals surface area contributed by atoms with E-state index in [9.17, 15) is 0 Å². The van der Waals surface area contributed by atoms with Gasteiger partial charge in [-0.25, -0.2) is 0 Å². The average Bonchev–Trinajstić information content (AvgIpc) is 2.99. The summed E-state index contributed by atoms with van der Waals surface area (Å²) in [5.74, 6) is 0. The monoisotopic (exact) mass is 239 g/mol. The van der Waals surface area contributed by atoms with Gasteiger partial charge in [-0.2, -0.15) is 0 Å². The largest absolute Gasteiger partial charge is 0.377 e. The van der Waals surface area contributed by atoms with Crippen LogP contribution >= 0.6 is 0 Å². The molecular formula is C14H25NO2. The van der Waals surface area contributed by atoms with E-state index in [1.807, 2.05) is 0 Å². The van der Waals surface area contributed by atoms with Gasteiger partial charge in [0.25, 0.3) is 0 Å². The van der Waals surface area contributed by atoms with Crippen molar-refractivity contribution in [2.45, 2.75) is 69.1 Å². The molecule has 3 aliphatic rings. The Hall–Kier alpha value is -0.120. The molecule has 3 heteroatoms. The van der Waals surface area contributed by atoms with Gasteiger partial charge < -0.3 is 14.8 Å². The molecule has 3 rings (SSSR count). The van der Waals surface area contributed by atoms with E-state index in [1.165, 1.54) is 51.4 Å². The lowest BCUT2D eigenvalue weighted by Crippen LogP contribution is -2.47. The first kappa shape index (κ1) is 11.9. The first-order valence-corrected chi connectivity index (χ1v) is 7.35. The molecule has 0 unspecified atom stereocenters. The standard InChI is InChI=1S/C14H25NO2/c1-2-7-14(6-1)10-12(5-9-17-14)15-11-13-4-3-8-16-13/h12-13,15H,1-11H2/t12-,13+/m1/s1. The summed E-state index contributed by atoms with van der Waals surface area (Å²) in [5, 5.41) is 3.71. The van der Waals surface area contributed by atoms with Crippen LogP contribution in [0.15, 0.2) is 0 Å². The van der Waals surface area contributed by atoms with Crippen molar-refractivity contribution in [3.8, 4) is 0 Å². The lowest BCUT2D eigenvalue weighted by molar-refractivity contribution is -0.0845. The second-order valence-corrected chi connectivity index (χ2v) is 5.97. The summed E-state index contributed by atoms with van der Waals surface area (Å²) in [6.07, 6.45) is 10.6. The van der Waals surface area contributed by atoms with Crippen molar-refractivity contribution >= 4 is 0 Å². The van der Waals surface area contributed by atoms with Crippen LogP contribution in [0.5, 0.6) is 0 Å². The highest BCUT2D eigenvalue weighted by Crippen LogP contribution is 2.39. The van der Waals surface area contributed by atoms with E-state index in [0.717, 1.165) is 19.8 Å². The normalized spacial score (nSPS) is 36.7. The van der Waals surface area contributed by atoms with Crippen LogP contribution in [-0.4, -0.2) is 37.5 Å². The molecule has 3 fully saturated rings. The van der Waals surface area contributed by atoms with Crippen LogP contribution in [0.1, 0.15) is 51.4 Å². The van der Waals surface area contributed by atoms with E-state index in [4.69, 9.17) is 9.47 Å². The molecule has 1 spiro atoms. The fourth-order valence-electron chi connectivity index (χ4n) is 3.67. The Balaban J connectivity index is 1.46. The minimum atomic E-state index is 0.243. The van der Waals surface area contributed by atoms with Crippen LogP contribution < -0.4 is 5.32 Å². The summed E-state index contributed by atoms with van der Waals surface area (Å²) in [4.78, 5) is 0. The Morgan fingerprint density at radius 3 is 2.71 bits per heavy atom. The summed E-state index contributed by atoms with van der Waals surface area (Å²) >= 11 is 0. The number of ether oxygens (including phenoxy) is 2. The van der Waals surface area contributed by atoms with Crippen LogP contribution in [0.4, 0.5) is 0 Å². The fourth-order valence-corrected chi connectivity index (χ4v) is 3.67. The van der Waals surface area contributed by atoms with E-state index in [-0.39, 0.29) is 5.60 Å². The summed E-state index contributed by atoms with van der Waals surface area (Å²) < 4.78 is 11.7. The Morgan fingerprint density at radius 2 is 1.94 bits per heavy atom. The SMILES string of the molecule is C1CO[C@H](CN[C@@H]2CCOC3(CCCC3)C2)C1. The van der Waals surface area contributed by atoms with E-state index in [2.05, 4.69) is 5.32 Å². The Kier molecular flexibility index (Phi) is 3.69. The molecule has 1 saturated carbocycles. The van der Waals surface area contributed by atoms with E-state index >= 15 is 0 Å². The number of hydrogen-bond donors (Lipinski definition) is 1. The van der Waals surface area contributed by atoms with Crippen LogP contribution in [0.2, 0.25) is 0 Å². The minimum absolute atomic E-state index is 0.243. The maximum absolute atomic E-state index is 6.06. The van der Waals surface area contributed by atoms with Crippen LogP contribution in [0.3, 0.4) is 0 Å². The van der Waals surface area contributed by atoms with Gasteiger partial charge in [-0.1, -0.05) is 12.8 Å². The van der Waals surface area contributed by atoms with Gasteiger partial charge in [-0.15, -0.1) is 0 Å². The van der Waals surface area contributed by atoms with Gasteiger partial charge in [0.05, 0.1) is 11.7 Å². The zero-order chi connectivity index (χ0) is 11.6. The molecule has 0 aromatic carbocycles. The predicted octanol–water partition coefficient (Wildman–Crippen LogP) is 2.25. The Morgan fingerprint density at radius 1 is 1.06 bits per heavy atom. The van der Waals surface area contributed by atoms with Crippen molar-refractivity contribution in [1.29, 1.82) is 0 Å². The highest BCUT2D eigenvalue weighted by Gasteiger charge is 2.39. The maximum Gasteiger partial charge on any atom is 0.0700 e. The van der Waals surface area contributed by atoms with Gasteiger partial charge in [0, 0.05) is 25.8 Å². The number of rotatable bonds is 3. The zero-order valence-corrected chi connectivity index (χ0v) is 10.7. The topological polar surface area (TPSA) is 30.5 Å². The molecule has 2 atom stereocenters. The molecule has 2 heterocycles. The molecule has 1 N–H and O–H groups in total. The number of nitrogens with one attached hydrogen (secondary N) is 1. The van der Waals surface area contributed by atoms with Gasteiger partial charge in [0.2, 0.25) is 0 Å². The van der Waals surface area contributed by atoms with Crippen molar-refractivity contribution in [2.24, 2.45) is 0 Å². The second kappa shape index (κ2) is 5.25. The molecule has 0 radical (unpaired) electrons. The van der Waals surface area contributed by atoms with Crippen molar-refractivity contribution in [2.75, 3.05) is 19.8 Å². The fraction of sp³-hybridized carbons (Fsp3) is 1.00. The van der Waals surface area contributed by atoms with Crippen LogP contribution in [0.25, 0.3) is 0 Å². The van der Waals surface area contributed by atoms with Gasteiger partial charge in [-0.3, -0.25) is 0 Å². The molecule has 0 bridgehead atoms. The van der Waals surface area contributed by atoms with E-state index in [1.54, 1.807) is 0 Å². The third-order valence-electron chi connectivity index (χ3n) is 4.67. The lowest BCUT2D eigenvalue weighted by Gasteiger charge is -2.39. The molecule has 3 nitrogen and oxygen atoms in total. The summed E-state index contributed by atoms with van der Waals surface area (Å²) in [6, 6.07) is 0.658. The maximum atomic E-state index is 6.06. The molecule has 0 amide bonds. The number of hydrogen-bond acceptors (Lipinski definition) is 3. The molecule has 0 aromatic heterocycles. The van der Waals surface area contributed by atoms with Gasteiger partial charge >= 0.3 is 0 Å². The lowest BCUT2D eigenvalue weighted by atomic mass is 9.89. The molecule has 0 aromatic rings. The van der Waals surface area contributed by atoms with Gasteiger partial charge in [0.1, 0.15) is 0 Å². The summed E-state index contributed by atoms with van der Waals surface area (Å²) in [6.45, 7) is 2.95. The zero-order valence-electron chi connectivity index (χ0n) is 10.7. The minimum Gasteiger partial charge on any atom is -0.377 e. The summed E-state index contributed by atoms with van der Waals surface area (Å²) in [7, 11) is 0. The van der Waals surface area contributed by atoms with Gasteiger partial charge in [0.15, 0.2) is 0 Å². The van der Waals surface area contributed by atoms with E-state index in [0.29, 0.717) is 12.1 Å². The van der Waals surface area contributed by atoms with Crippen LogP contribution in [0, 0.1) is 0 Å². The van der Waals surface area contributed by atoms with Crippen molar-refractivity contribution in [3.05, 3.63) is 0 Å². The van der Waals surface area contributed by atoms with E-state index < -0.39 is 0 Å². The Bertz CT molecular complexity index is 245. The highest BCUT2D eigenvalue weighted by molar-refractivity contribution is 4.93. The molecule has 98 valence electrons. The first-order chi connectivity index (χ1) is 8.36. The average molecular weight is 239 g/mol. The molecule has 1 aliphatic carbocycles. The molecule has 2 saturated heterocycles. The third-order valence-corrected chi connectivity index (χ3v) is 4.67.